The van der Waals surface area contributed by atoms with Crippen LogP contribution >= 0.6 is 27.3 Å². The zero-order chi connectivity index (χ0) is 19.8. The number of carbonyl (C=O) groups is 1. The third kappa shape index (κ3) is 3.49. The number of aromatic nitrogens is 3. The van der Waals surface area contributed by atoms with Crippen LogP contribution in [0.3, 0.4) is 0 Å². The molecule has 0 radical (unpaired) electrons. The van der Waals surface area contributed by atoms with Crippen LogP contribution in [-0.4, -0.2) is 32.6 Å². The zero-order valence-electron chi connectivity index (χ0n) is 15.7. The predicted octanol–water partition coefficient (Wildman–Crippen LogP) is 5.37. The zero-order valence-corrected chi connectivity index (χ0v) is 18.1. The molecule has 6 nitrogen and oxygen atoms in total. The van der Waals surface area contributed by atoms with Crippen molar-refractivity contribution >= 4 is 44.2 Å². The maximum atomic E-state index is 13.3. The summed E-state index contributed by atoms with van der Waals surface area (Å²) in [6.07, 6.45) is 3.32. The van der Waals surface area contributed by atoms with Gasteiger partial charge in [0.25, 0.3) is 5.91 Å². The van der Waals surface area contributed by atoms with Gasteiger partial charge in [-0.2, -0.15) is 5.10 Å². The number of furan rings is 1. The van der Waals surface area contributed by atoms with Crippen LogP contribution in [0.5, 0.6) is 0 Å². The fraction of sp³-hybridized carbons (Fsp3) is 0.250. The third-order valence-electron chi connectivity index (χ3n) is 4.43. The van der Waals surface area contributed by atoms with E-state index in [9.17, 15) is 4.79 Å². The average molecular weight is 459 g/mol. The highest BCUT2D eigenvalue weighted by Gasteiger charge is 2.22. The number of hydrogen-bond donors (Lipinski definition) is 0. The molecule has 28 heavy (non-hydrogen) atoms. The van der Waals surface area contributed by atoms with E-state index in [-0.39, 0.29) is 11.9 Å². The lowest BCUT2D eigenvalue weighted by Gasteiger charge is -2.17. The smallest absolute Gasteiger partial charge is 0.254 e. The fourth-order valence-corrected chi connectivity index (χ4v) is 4.61. The summed E-state index contributed by atoms with van der Waals surface area (Å²) in [5.74, 6) is 0.547. The van der Waals surface area contributed by atoms with Crippen LogP contribution in [0.25, 0.3) is 22.5 Å². The van der Waals surface area contributed by atoms with Gasteiger partial charge in [0.15, 0.2) is 11.4 Å². The van der Waals surface area contributed by atoms with Gasteiger partial charge in [-0.25, -0.2) is 9.67 Å². The molecule has 0 spiro atoms. The van der Waals surface area contributed by atoms with Gasteiger partial charge in [0.05, 0.1) is 33.7 Å². The largest absolute Gasteiger partial charge is 0.463 e. The first-order valence-electron chi connectivity index (χ1n) is 8.86. The average Bonchev–Trinajstić information content (AvgIpc) is 3.40. The van der Waals surface area contributed by atoms with Crippen molar-refractivity contribution in [3.63, 3.8) is 0 Å². The highest BCUT2D eigenvalue weighted by Crippen LogP contribution is 2.28. The number of thiophene rings is 1. The van der Waals surface area contributed by atoms with Gasteiger partial charge in [-0.15, -0.1) is 11.3 Å². The highest BCUT2D eigenvalue weighted by atomic mass is 79.9. The van der Waals surface area contributed by atoms with Crippen LogP contribution < -0.4 is 0 Å². The van der Waals surface area contributed by atoms with Gasteiger partial charge in [0, 0.05) is 18.0 Å². The van der Waals surface area contributed by atoms with E-state index >= 15 is 0 Å². The lowest BCUT2D eigenvalue weighted by Crippen LogP contribution is -2.26. The van der Waals surface area contributed by atoms with Gasteiger partial charge in [0.1, 0.15) is 5.69 Å². The maximum Gasteiger partial charge on any atom is 0.254 e. The van der Waals surface area contributed by atoms with Crippen molar-refractivity contribution < 1.29 is 9.21 Å². The van der Waals surface area contributed by atoms with E-state index < -0.39 is 0 Å². The van der Waals surface area contributed by atoms with Crippen LogP contribution in [-0.2, 0) is 6.54 Å². The van der Waals surface area contributed by atoms with Crippen molar-refractivity contribution in [1.82, 2.24) is 19.7 Å². The second kappa shape index (κ2) is 7.52. The Balaban J connectivity index is 1.79. The summed E-state index contributed by atoms with van der Waals surface area (Å²) >= 11 is 5.09. The lowest BCUT2D eigenvalue weighted by molar-refractivity contribution is 0.0788. The molecule has 4 heterocycles. The third-order valence-corrected chi connectivity index (χ3v) is 6.04. The first-order chi connectivity index (χ1) is 13.4. The normalized spacial score (nSPS) is 11.5. The summed E-state index contributed by atoms with van der Waals surface area (Å²) in [5.41, 5.74) is 1.87. The van der Waals surface area contributed by atoms with Crippen LogP contribution in [0.1, 0.15) is 35.1 Å². The van der Waals surface area contributed by atoms with Crippen LogP contribution in [0.2, 0.25) is 0 Å². The van der Waals surface area contributed by atoms with Crippen LogP contribution in [0, 0.1) is 0 Å². The highest BCUT2D eigenvalue weighted by molar-refractivity contribution is 9.11. The molecular formula is C20H19BrN4O2S. The minimum absolute atomic E-state index is 0.0759. The molecule has 4 rings (SSSR count). The molecule has 0 aliphatic heterocycles. The second-order valence-electron chi connectivity index (χ2n) is 6.82. The van der Waals surface area contributed by atoms with Gasteiger partial charge in [-0.1, -0.05) is 0 Å². The van der Waals surface area contributed by atoms with Crippen LogP contribution in [0.4, 0.5) is 0 Å². The molecule has 144 valence electrons. The molecular weight excluding hydrogens is 440 g/mol. The van der Waals surface area contributed by atoms with Crippen molar-refractivity contribution in [2.75, 3.05) is 7.05 Å². The Kier molecular flexibility index (Phi) is 5.07. The summed E-state index contributed by atoms with van der Waals surface area (Å²) in [5, 5.41) is 5.20. The maximum absolute atomic E-state index is 13.3. The molecule has 0 saturated heterocycles. The molecule has 8 heteroatoms. The SMILES string of the molecule is CC(C)n1ncc2c(C(=O)N(C)Cc3ccc(Br)s3)cc(-c3ccco3)nc21. The molecule has 0 aliphatic carbocycles. The molecule has 1 amide bonds. The molecule has 0 aromatic carbocycles. The first kappa shape index (κ1) is 18.9. The number of nitrogens with zero attached hydrogens (tertiary/aromatic N) is 4. The molecule has 0 saturated carbocycles. The van der Waals surface area contributed by atoms with Gasteiger partial charge in [-0.3, -0.25) is 4.79 Å². The Bertz CT molecular complexity index is 1130. The molecule has 0 aliphatic rings. The minimum atomic E-state index is -0.0759. The van der Waals surface area contributed by atoms with E-state index in [1.807, 2.05) is 49.8 Å². The molecule has 4 aromatic rings. The van der Waals surface area contributed by atoms with E-state index in [0.29, 0.717) is 29.2 Å². The number of hydrogen-bond acceptors (Lipinski definition) is 5. The predicted molar refractivity (Wildman–Crippen MR) is 113 cm³/mol. The number of amides is 1. The van der Waals surface area contributed by atoms with E-state index in [0.717, 1.165) is 14.0 Å². The Hall–Kier alpha value is -2.45. The van der Waals surface area contributed by atoms with Gasteiger partial charge in [-0.05, 0) is 60.1 Å². The summed E-state index contributed by atoms with van der Waals surface area (Å²) in [6, 6.07) is 9.57. The molecule has 0 unspecified atom stereocenters. The summed E-state index contributed by atoms with van der Waals surface area (Å²) < 4.78 is 8.40. The second-order valence-corrected chi connectivity index (χ2v) is 9.37. The molecule has 0 bridgehead atoms. The Morgan fingerprint density at radius 1 is 1.36 bits per heavy atom. The van der Waals surface area contributed by atoms with Gasteiger partial charge >= 0.3 is 0 Å². The van der Waals surface area contributed by atoms with Crippen LogP contribution in [0.15, 0.2) is 51.0 Å². The van der Waals surface area contributed by atoms with E-state index in [1.54, 1.807) is 34.8 Å². The van der Waals surface area contributed by atoms with E-state index in [4.69, 9.17) is 9.40 Å². The van der Waals surface area contributed by atoms with Crippen molar-refractivity contribution in [1.29, 1.82) is 0 Å². The standard InChI is InChI=1S/C20H19BrN4O2S/c1-12(2)25-19-15(10-22-25)14(9-16(23-19)17-5-4-8-27-17)20(26)24(3)11-13-6-7-18(21)28-13/h4-10,12H,11H2,1-3H3. The van der Waals surface area contributed by atoms with Gasteiger partial charge in [0.2, 0.25) is 0 Å². The lowest BCUT2D eigenvalue weighted by atomic mass is 10.1. The Labute approximate surface area is 174 Å². The van der Waals surface area contributed by atoms with E-state index in [1.165, 1.54) is 0 Å². The quantitative estimate of drug-likeness (QED) is 0.403. The molecule has 0 N–H and O–H groups in total. The van der Waals surface area contributed by atoms with Crippen molar-refractivity contribution in [2.24, 2.45) is 0 Å². The fourth-order valence-electron chi connectivity index (χ4n) is 3.07. The minimum Gasteiger partial charge on any atom is -0.463 e. The van der Waals surface area contributed by atoms with E-state index in [2.05, 4.69) is 21.0 Å². The number of halogens is 1. The Morgan fingerprint density at radius 3 is 2.82 bits per heavy atom. The number of rotatable bonds is 5. The molecule has 0 atom stereocenters. The number of pyridine rings is 1. The Morgan fingerprint density at radius 2 is 2.18 bits per heavy atom. The monoisotopic (exact) mass is 458 g/mol. The summed E-state index contributed by atoms with van der Waals surface area (Å²) in [4.78, 5) is 20.8. The van der Waals surface area contributed by atoms with Crippen molar-refractivity contribution in [3.05, 3.63) is 57.0 Å². The summed E-state index contributed by atoms with van der Waals surface area (Å²) in [7, 11) is 1.81. The molecule has 0 fully saturated rings. The van der Waals surface area contributed by atoms with Crippen molar-refractivity contribution in [2.45, 2.75) is 26.4 Å². The number of fused-ring (bicyclic) bond motifs is 1. The first-order valence-corrected chi connectivity index (χ1v) is 10.5. The number of carbonyl (C=O) groups excluding carboxylic acids is 1. The molecule has 4 aromatic heterocycles. The summed E-state index contributed by atoms with van der Waals surface area (Å²) in [6.45, 7) is 4.61. The van der Waals surface area contributed by atoms with Gasteiger partial charge < -0.3 is 9.32 Å². The van der Waals surface area contributed by atoms with Crippen molar-refractivity contribution in [3.8, 4) is 11.5 Å². The topological polar surface area (TPSA) is 64.2 Å².